The lowest BCUT2D eigenvalue weighted by Crippen LogP contribution is -2.27. The molecule has 1 aliphatic heterocycles. The molecule has 5 rings (SSSR count). The van der Waals surface area contributed by atoms with Crippen LogP contribution in [-0.2, 0) is 11.3 Å². The highest BCUT2D eigenvalue weighted by Crippen LogP contribution is 2.42. The second-order valence-corrected chi connectivity index (χ2v) is 8.63. The van der Waals surface area contributed by atoms with Crippen LogP contribution in [0.3, 0.4) is 0 Å². The van der Waals surface area contributed by atoms with E-state index in [0.717, 1.165) is 4.90 Å². The Morgan fingerprint density at radius 1 is 1.06 bits per heavy atom. The molecule has 12 heteroatoms. The van der Waals surface area contributed by atoms with Crippen LogP contribution < -0.4 is 14.9 Å². The van der Waals surface area contributed by atoms with E-state index in [2.05, 4.69) is 0 Å². The maximum Gasteiger partial charge on any atom is 0.293 e. The maximum absolute atomic E-state index is 13.0. The molecule has 4 aromatic rings. The van der Waals surface area contributed by atoms with Crippen LogP contribution in [-0.4, -0.2) is 35.2 Å². The summed E-state index contributed by atoms with van der Waals surface area (Å²) in [5.74, 6) is -0.112. The molecule has 2 amide bonds. The highest BCUT2D eigenvalue weighted by molar-refractivity contribution is 8.18. The van der Waals surface area contributed by atoms with E-state index in [0.29, 0.717) is 28.3 Å². The summed E-state index contributed by atoms with van der Waals surface area (Å²) in [6.07, 6.45) is 2.74. The first-order valence-corrected chi connectivity index (χ1v) is 11.2. The molecule has 2 aromatic heterocycles. The van der Waals surface area contributed by atoms with Crippen LogP contribution in [0.2, 0.25) is 0 Å². The van der Waals surface area contributed by atoms with E-state index in [-0.39, 0.29) is 45.4 Å². The normalized spacial score (nSPS) is 14.8. The minimum absolute atomic E-state index is 0.0274. The van der Waals surface area contributed by atoms with Gasteiger partial charge in [-0.25, -0.2) is 0 Å². The minimum Gasteiger partial charge on any atom is -0.495 e. The van der Waals surface area contributed by atoms with Crippen LogP contribution in [0.4, 0.5) is 10.5 Å². The van der Waals surface area contributed by atoms with Gasteiger partial charge in [-0.05, 0) is 23.4 Å². The molecule has 0 bridgehead atoms. The predicted molar refractivity (Wildman–Crippen MR) is 130 cm³/mol. The summed E-state index contributed by atoms with van der Waals surface area (Å²) in [5, 5.41) is 11.0. The van der Waals surface area contributed by atoms with Crippen molar-refractivity contribution in [3.8, 4) is 11.5 Å². The van der Waals surface area contributed by atoms with E-state index in [1.165, 1.54) is 56.9 Å². The Balaban J connectivity index is 1.52. The number of furan rings is 1. The summed E-state index contributed by atoms with van der Waals surface area (Å²) in [7, 11) is 2.82. The fourth-order valence-electron chi connectivity index (χ4n) is 3.93. The number of carbonyl (C=O) groups is 2. The second-order valence-electron chi connectivity index (χ2n) is 7.64. The molecule has 1 fully saturated rings. The minimum atomic E-state index is -0.586. The monoisotopic (exact) mass is 508 g/mol. The van der Waals surface area contributed by atoms with Crippen molar-refractivity contribution < 1.29 is 32.8 Å². The fourth-order valence-corrected chi connectivity index (χ4v) is 4.75. The number of amides is 2. The topological polar surface area (TPSA) is 142 Å². The van der Waals surface area contributed by atoms with Gasteiger partial charge in [0, 0.05) is 24.3 Å². The smallest absolute Gasteiger partial charge is 0.293 e. The van der Waals surface area contributed by atoms with Crippen molar-refractivity contribution in [3.63, 3.8) is 0 Å². The van der Waals surface area contributed by atoms with E-state index in [4.69, 9.17) is 18.3 Å². The molecule has 0 saturated carbocycles. The number of nitro benzene ring substituents is 1. The number of rotatable bonds is 6. The first-order chi connectivity index (χ1) is 17.3. The third kappa shape index (κ3) is 3.77. The number of hydrogen-bond acceptors (Lipinski definition) is 10. The van der Waals surface area contributed by atoms with Crippen LogP contribution in [0.5, 0.6) is 11.5 Å². The SMILES string of the molecule is COc1c2occc2c(OC)c2c(=O)cc(/C=C3/SC(=O)N(Cc4ccc([N+](=O)[O-])cc4)C3=O)oc12. The second kappa shape index (κ2) is 8.89. The number of nitrogens with zero attached hydrogens (tertiary/aromatic N) is 2. The van der Waals surface area contributed by atoms with Crippen molar-refractivity contribution in [1.82, 2.24) is 4.90 Å². The molecule has 11 nitrogen and oxygen atoms in total. The van der Waals surface area contributed by atoms with E-state index < -0.39 is 21.5 Å². The highest BCUT2D eigenvalue weighted by Gasteiger charge is 2.35. The molecular formula is C24H16N2O9S. The number of non-ortho nitro benzene ring substituents is 1. The lowest BCUT2D eigenvalue weighted by atomic mass is 10.1. The number of imide groups is 1. The summed E-state index contributed by atoms with van der Waals surface area (Å²) in [4.78, 5) is 49.9. The molecule has 2 aromatic carbocycles. The van der Waals surface area contributed by atoms with Gasteiger partial charge in [-0.2, -0.15) is 0 Å². The van der Waals surface area contributed by atoms with Gasteiger partial charge in [0.15, 0.2) is 16.6 Å². The molecule has 3 heterocycles. The zero-order chi connectivity index (χ0) is 25.6. The number of hydrogen-bond donors (Lipinski definition) is 0. The van der Waals surface area contributed by atoms with Crippen molar-refractivity contribution in [2.45, 2.75) is 6.54 Å². The third-order valence-corrected chi connectivity index (χ3v) is 6.47. The molecule has 0 spiro atoms. The van der Waals surface area contributed by atoms with Gasteiger partial charge >= 0.3 is 0 Å². The first-order valence-electron chi connectivity index (χ1n) is 10.4. The fraction of sp³-hybridized carbons (Fsp3) is 0.125. The van der Waals surface area contributed by atoms with E-state index in [9.17, 15) is 24.5 Å². The molecule has 0 atom stereocenters. The molecule has 0 aliphatic carbocycles. The largest absolute Gasteiger partial charge is 0.495 e. The van der Waals surface area contributed by atoms with E-state index >= 15 is 0 Å². The summed E-state index contributed by atoms with van der Waals surface area (Å²) >= 11 is 0.691. The third-order valence-electron chi connectivity index (χ3n) is 5.56. The quantitative estimate of drug-likeness (QED) is 0.204. The summed E-state index contributed by atoms with van der Waals surface area (Å²) in [5.41, 5.74) is 0.399. The lowest BCUT2D eigenvalue weighted by molar-refractivity contribution is -0.384. The number of methoxy groups -OCH3 is 2. The average Bonchev–Trinajstić information content (AvgIpc) is 3.43. The molecule has 0 N–H and O–H groups in total. The van der Waals surface area contributed by atoms with Gasteiger partial charge in [0.2, 0.25) is 5.75 Å². The number of fused-ring (bicyclic) bond motifs is 2. The molecule has 36 heavy (non-hydrogen) atoms. The van der Waals surface area contributed by atoms with Crippen LogP contribution in [0.1, 0.15) is 11.3 Å². The van der Waals surface area contributed by atoms with E-state index in [1.54, 1.807) is 6.07 Å². The van der Waals surface area contributed by atoms with Gasteiger partial charge < -0.3 is 18.3 Å². The predicted octanol–water partition coefficient (Wildman–Crippen LogP) is 4.70. The van der Waals surface area contributed by atoms with Gasteiger partial charge in [-0.3, -0.25) is 29.4 Å². The van der Waals surface area contributed by atoms with Gasteiger partial charge in [-0.1, -0.05) is 12.1 Å². The summed E-state index contributed by atoms with van der Waals surface area (Å²) in [6.45, 7) is -0.0663. The van der Waals surface area contributed by atoms with Crippen molar-refractivity contribution >= 4 is 56.6 Å². The van der Waals surface area contributed by atoms with Crippen molar-refractivity contribution in [2.75, 3.05) is 14.2 Å². The Morgan fingerprint density at radius 2 is 1.78 bits per heavy atom. The molecule has 182 valence electrons. The Bertz CT molecular complexity index is 1650. The standard InChI is InChI=1S/C24H16N2O9S/c1-32-19-15-7-8-34-20(15)22(33-2)21-18(19)16(27)9-14(35-21)10-17-23(28)25(24(29)36-17)11-12-3-5-13(6-4-12)26(30)31/h3-10H,11H2,1-2H3/b17-10+. The van der Waals surface area contributed by atoms with Crippen LogP contribution >= 0.6 is 11.8 Å². The highest BCUT2D eigenvalue weighted by atomic mass is 32.2. The molecule has 0 unspecified atom stereocenters. The number of thioether (sulfide) groups is 1. The van der Waals surface area contributed by atoms with Crippen molar-refractivity contribution in [1.29, 1.82) is 0 Å². The number of carbonyl (C=O) groups excluding carboxylic acids is 2. The lowest BCUT2D eigenvalue weighted by Gasteiger charge is -2.12. The Morgan fingerprint density at radius 3 is 2.44 bits per heavy atom. The Labute approximate surface area is 206 Å². The van der Waals surface area contributed by atoms with Gasteiger partial charge in [-0.15, -0.1) is 0 Å². The summed E-state index contributed by atoms with van der Waals surface area (Å²) < 4.78 is 22.3. The van der Waals surface area contributed by atoms with Crippen LogP contribution in [0.25, 0.3) is 28.0 Å². The molecule has 0 radical (unpaired) electrons. The number of benzene rings is 2. The zero-order valence-electron chi connectivity index (χ0n) is 18.8. The zero-order valence-corrected chi connectivity index (χ0v) is 19.6. The van der Waals surface area contributed by atoms with Gasteiger partial charge in [0.05, 0.1) is 42.2 Å². The summed E-state index contributed by atoms with van der Waals surface area (Å²) in [6, 6.07) is 8.38. The van der Waals surface area contributed by atoms with Crippen molar-refractivity contribution in [3.05, 3.63) is 79.2 Å². The number of ether oxygens (including phenoxy) is 2. The Hall–Kier alpha value is -4.58. The Kier molecular flexibility index (Phi) is 5.72. The molecule has 1 aliphatic rings. The van der Waals surface area contributed by atoms with Gasteiger partial charge in [0.25, 0.3) is 16.8 Å². The number of nitro groups is 1. The molecular weight excluding hydrogens is 492 g/mol. The van der Waals surface area contributed by atoms with Gasteiger partial charge in [0.1, 0.15) is 16.9 Å². The first kappa shape index (κ1) is 23.2. The average molecular weight is 508 g/mol. The van der Waals surface area contributed by atoms with Crippen LogP contribution in [0, 0.1) is 10.1 Å². The maximum atomic E-state index is 13.0. The van der Waals surface area contributed by atoms with Crippen LogP contribution in [0.15, 0.2) is 61.2 Å². The van der Waals surface area contributed by atoms with Crippen molar-refractivity contribution in [2.24, 2.45) is 0 Å². The van der Waals surface area contributed by atoms with E-state index in [1.807, 2.05) is 0 Å². The molecule has 1 saturated heterocycles.